The molecule has 4 nitrogen and oxygen atoms in total. The molecule has 1 aromatic heterocycles. The van der Waals surface area contributed by atoms with Crippen molar-refractivity contribution >= 4 is 22.7 Å². The van der Waals surface area contributed by atoms with Crippen molar-refractivity contribution in [3.8, 4) is 0 Å². The number of anilines is 1. The van der Waals surface area contributed by atoms with E-state index in [1.54, 1.807) is 0 Å². The van der Waals surface area contributed by atoms with E-state index in [1.165, 1.54) is 11.1 Å². The second kappa shape index (κ2) is 8.76. The Labute approximate surface area is 183 Å². The van der Waals surface area contributed by atoms with E-state index in [0.29, 0.717) is 29.7 Å². The maximum absolute atomic E-state index is 12.5. The molecule has 0 saturated heterocycles. The van der Waals surface area contributed by atoms with Crippen molar-refractivity contribution in [1.29, 1.82) is 0 Å². The number of fused-ring (bicyclic) bond motifs is 1. The van der Waals surface area contributed by atoms with E-state index >= 15 is 0 Å². The third kappa shape index (κ3) is 4.85. The quantitative estimate of drug-likeness (QED) is 0.374. The number of rotatable bonds is 6. The van der Waals surface area contributed by atoms with Crippen molar-refractivity contribution in [3.63, 3.8) is 0 Å². The molecule has 158 valence electrons. The number of hydrogen-bond donors (Lipinski definition) is 1. The van der Waals surface area contributed by atoms with Gasteiger partial charge in [-0.3, -0.25) is 4.79 Å². The van der Waals surface area contributed by atoms with Gasteiger partial charge in [0.2, 0.25) is 0 Å². The average Bonchev–Trinajstić information content (AvgIpc) is 3.16. The van der Waals surface area contributed by atoms with E-state index in [4.69, 9.17) is 4.42 Å². The molecule has 0 aliphatic rings. The Morgan fingerprint density at radius 2 is 1.52 bits per heavy atom. The summed E-state index contributed by atoms with van der Waals surface area (Å²) in [6, 6.07) is 21.7. The molecule has 31 heavy (non-hydrogen) atoms. The van der Waals surface area contributed by atoms with Crippen molar-refractivity contribution in [3.05, 3.63) is 94.9 Å². The molecule has 0 fully saturated rings. The van der Waals surface area contributed by atoms with Gasteiger partial charge in [0.1, 0.15) is 5.52 Å². The number of nitrogens with zero attached hydrogens (tertiary/aromatic N) is 1. The highest BCUT2D eigenvalue weighted by molar-refractivity contribution is 6.04. The summed E-state index contributed by atoms with van der Waals surface area (Å²) < 4.78 is 5.90. The number of oxazole rings is 1. The van der Waals surface area contributed by atoms with Crippen LogP contribution in [-0.2, 0) is 6.42 Å². The molecule has 1 heterocycles. The van der Waals surface area contributed by atoms with Crippen molar-refractivity contribution in [1.82, 2.24) is 4.98 Å². The third-order valence-corrected chi connectivity index (χ3v) is 5.53. The van der Waals surface area contributed by atoms with Crippen LogP contribution >= 0.6 is 0 Å². The molecule has 0 bridgehead atoms. The summed E-state index contributed by atoms with van der Waals surface area (Å²) in [7, 11) is 0. The molecule has 0 radical (unpaired) electrons. The van der Waals surface area contributed by atoms with Gasteiger partial charge >= 0.3 is 0 Å². The van der Waals surface area contributed by atoms with Gasteiger partial charge in [0.15, 0.2) is 11.5 Å². The maximum Gasteiger partial charge on any atom is 0.255 e. The van der Waals surface area contributed by atoms with Crippen molar-refractivity contribution < 1.29 is 9.21 Å². The number of nitrogens with one attached hydrogen (secondary N) is 1. The van der Waals surface area contributed by atoms with E-state index in [0.717, 1.165) is 22.4 Å². The fourth-order valence-corrected chi connectivity index (χ4v) is 3.53. The molecule has 0 atom stereocenters. The highest BCUT2D eigenvalue weighted by Gasteiger charge is 2.10. The normalized spacial score (nSPS) is 11.4. The van der Waals surface area contributed by atoms with Gasteiger partial charge in [0.05, 0.1) is 0 Å². The Bertz CT molecular complexity index is 1190. The van der Waals surface area contributed by atoms with Gasteiger partial charge in [-0.2, -0.15) is 0 Å². The Morgan fingerprint density at radius 3 is 2.16 bits per heavy atom. The van der Waals surface area contributed by atoms with E-state index in [9.17, 15) is 4.79 Å². The summed E-state index contributed by atoms with van der Waals surface area (Å²) in [5, 5.41) is 2.96. The van der Waals surface area contributed by atoms with Gasteiger partial charge < -0.3 is 9.73 Å². The predicted octanol–water partition coefficient (Wildman–Crippen LogP) is 6.92. The Hall–Kier alpha value is -3.40. The van der Waals surface area contributed by atoms with Crippen molar-refractivity contribution in [2.45, 2.75) is 46.0 Å². The lowest BCUT2D eigenvalue weighted by Crippen LogP contribution is -2.11. The minimum atomic E-state index is -0.108. The Kier molecular flexibility index (Phi) is 5.90. The summed E-state index contributed by atoms with van der Waals surface area (Å²) >= 11 is 0. The van der Waals surface area contributed by atoms with E-state index in [2.05, 4.69) is 50.1 Å². The summed E-state index contributed by atoms with van der Waals surface area (Å²) in [4.78, 5) is 17.2. The fraction of sp³-hybridized carbons (Fsp3) is 0.259. The van der Waals surface area contributed by atoms with Gasteiger partial charge in [-0.15, -0.1) is 0 Å². The van der Waals surface area contributed by atoms with Crippen LogP contribution in [-0.4, -0.2) is 10.9 Å². The van der Waals surface area contributed by atoms with E-state index in [-0.39, 0.29) is 5.91 Å². The first kappa shape index (κ1) is 20.9. The van der Waals surface area contributed by atoms with Crippen LogP contribution in [0.4, 0.5) is 5.69 Å². The van der Waals surface area contributed by atoms with Gasteiger partial charge in [-0.05, 0) is 64.9 Å². The molecular formula is C27H28N2O2. The van der Waals surface area contributed by atoms with Crippen LogP contribution in [0, 0.1) is 0 Å². The van der Waals surface area contributed by atoms with Gasteiger partial charge in [-0.1, -0.05) is 58.0 Å². The average molecular weight is 413 g/mol. The molecule has 0 unspecified atom stereocenters. The number of amides is 1. The summed E-state index contributed by atoms with van der Waals surface area (Å²) in [5.41, 5.74) is 6.68. The largest absolute Gasteiger partial charge is 0.440 e. The van der Waals surface area contributed by atoms with E-state index in [1.807, 2.05) is 54.6 Å². The van der Waals surface area contributed by atoms with Gasteiger partial charge in [0.25, 0.3) is 5.91 Å². The number of benzene rings is 3. The zero-order valence-corrected chi connectivity index (χ0v) is 18.5. The lowest BCUT2D eigenvalue weighted by molar-refractivity contribution is 0.102. The topological polar surface area (TPSA) is 55.1 Å². The first-order chi connectivity index (χ1) is 14.9. The molecular weight excluding hydrogens is 384 g/mol. The number of aromatic nitrogens is 1. The molecule has 4 heteroatoms. The maximum atomic E-state index is 12.5. The third-order valence-electron chi connectivity index (χ3n) is 5.53. The van der Waals surface area contributed by atoms with Gasteiger partial charge in [-0.25, -0.2) is 4.98 Å². The second-order valence-corrected chi connectivity index (χ2v) is 8.59. The molecule has 4 aromatic rings. The van der Waals surface area contributed by atoms with Crippen LogP contribution in [0.5, 0.6) is 0 Å². The van der Waals surface area contributed by atoms with Crippen molar-refractivity contribution in [2.75, 3.05) is 5.32 Å². The van der Waals surface area contributed by atoms with Crippen LogP contribution in [0.1, 0.15) is 72.5 Å². The first-order valence-electron chi connectivity index (χ1n) is 10.8. The number of hydrogen-bond acceptors (Lipinski definition) is 3. The summed E-state index contributed by atoms with van der Waals surface area (Å²) in [6.07, 6.45) is 0.608. The molecule has 0 saturated carbocycles. The highest BCUT2D eigenvalue weighted by Crippen LogP contribution is 2.23. The smallest absolute Gasteiger partial charge is 0.255 e. The Balaban J connectivity index is 1.42. The highest BCUT2D eigenvalue weighted by atomic mass is 16.3. The first-order valence-corrected chi connectivity index (χ1v) is 10.8. The lowest BCUT2D eigenvalue weighted by atomic mass is 10.0. The molecule has 0 aliphatic heterocycles. The summed E-state index contributed by atoms with van der Waals surface area (Å²) in [5.74, 6) is 1.49. The minimum absolute atomic E-state index is 0.108. The van der Waals surface area contributed by atoms with Gasteiger partial charge in [0, 0.05) is 17.7 Å². The molecule has 1 N–H and O–H groups in total. The van der Waals surface area contributed by atoms with Crippen molar-refractivity contribution in [2.24, 2.45) is 0 Å². The monoisotopic (exact) mass is 412 g/mol. The van der Waals surface area contributed by atoms with Crippen LogP contribution < -0.4 is 5.32 Å². The van der Waals surface area contributed by atoms with Crippen LogP contribution in [0.2, 0.25) is 0 Å². The predicted molar refractivity (Wildman–Crippen MR) is 126 cm³/mol. The number of carbonyl (C=O) groups excluding carboxylic acids is 1. The molecule has 0 spiro atoms. The van der Waals surface area contributed by atoms with E-state index < -0.39 is 0 Å². The summed E-state index contributed by atoms with van der Waals surface area (Å²) in [6.45, 7) is 8.62. The molecule has 3 aromatic carbocycles. The molecule has 1 amide bonds. The Morgan fingerprint density at radius 1 is 0.871 bits per heavy atom. The SMILES string of the molecule is CC(C)c1ccc(C(=O)Nc2ccc(Cc3nc4cc(C(C)C)ccc4o3)cc2)cc1. The molecule has 4 rings (SSSR count). The lowest BCUT2D eigenvalue weighted by Gasteiger charge is -2.08. The number of carbonyl (C=O) groups is 1. The van der Waals surface area contributed by atoms with Crippen LogP contribution in [0.15, 0.2) is 71.1 Å². The fourth-order valence-electron chi connectivity index (χ4n) is 3.53. The zero-order chi connectivity index (χ0) is 22.0. The zero-order valence-electron chi connectivity index (χ0n) is 18.5. The van der Waals surface area contributed by atoms with Crippen LogP contribution in [0.3, 0.4) is 0 Å². The molecule has 0 aliphatic carbocycles. The standard InChI is InChI=1S/C27H28N2O2/c1-17(2)20-7-9-21(10-8-20)27(30)28-23-12-5-19(6-13-23)15-26-29-24-16-22(18(3)4)11-14-25(24)31-26/h5-14,16-18H,15H2,1-4H3,(H,28,30). The minimum Gasteiger partial charge on any atom is -0.440 e. The van der Waals surface area contributed by atoms with Crippen LogP contribution in [0.25, 0.3) is 11.1 Å². The second-order valence-electron chi connectivity index (χ2n) is 8.59.